The fourth-order valence-corrected chi connectivity index (χ4v) is 3.88. The largest absolute Gasteiger partial charge is 0.373 e. The minimum Gasteiger partial charge on any atom is -0.373 e. The number of rotatable bonds is 3. The number of hydrogen-bond donors (Lipinski definition) is 2. The van der Waals surface area contributed by atoms with Crippen molar-refractivity contribution in [3.63, 3.8) is 0 Å². The van der Waals surface area contributed by atoms with E-state index < -0.39 is 0 Å². The number of anilines is 2. The van der Waals surface area contributed by atoms with Crippen molar-refractivity contribution >= 4 is 17.7 Å². The average molecular weight is 367 g/mol. The quantitative estimate of drug-likeness (QED) is 0.872. The molecule has 2 N–H and O–H groups in total. The summed E-state index contributed by atoms with van der Waals surface area (Å²) in [4.78, 5) is 22.8. The Morgan fingerprint density at radius 3 is 2.74 bits per heavy atom. The Hall–Kier alpha value is -2.67. The number of ether oxygens (including phenoxy) is 1. The highest BCUT2D eigenvalue weighted by molar-refractivity contribution is 5.89. The summed E-state index contributed by atoms with van der Waals surface area (Å²) in [6.07, 6.45) is 6.07. The molecule has 2 aliphatic heterocycles. The lowest BCUT2D eigenvalue weighted by Gasteiger charge is -2.38. The van der Waals surface area contributed by atoms with E-state index in [1.165, 1.54) is 0 Å². The molecule has 2 aromatic rings. The summed E-state index contributed by atoms with van der Waals surface area (Å²) in [5, 5.41) is 6.33. The van der Waals surface area contributed by atoms with Crippen LogP contribution in [0.2, 0.25) is 0 Å². The van der Waals surface area contributed by atoms with E-state index in [0.29, 0.717) is 25.6 Å². The predicted molar refractivity (Wildman–Crippen MR) is 104 cm³/mol. The van der Waals surface area contributed by atoms with Crippen LogP contribution in [0.1, 0.15) is 24.8 Å². The van der Waals surface area contributed by atoms with Gasteiger partial charge >= 0.3 is 6.03 Å². The van der Waals surface area contributed by atoms with E-state index in [1.54, 1.807) is 18.5 Å². The van der Waals surface area contributed by atoms with E-state index in [4.69, 9.17) is 4.74 Å². The van der Waals surface area contributed by atoms with Crippen LogP contribution in [0.5, 0.6) is 0 Å². The number of piperidine rings is 1. The van der Waals surface area contributed by atoms with Gasteiger partial charge in [0, 0.05) is 31.2 Å². The van der Waals surface area contributed by atoms with Crippen LogP contribution in [-0.2, 0) is 4.74 Å². The number of nitrogens with one attached hydrogen (secondary N) is 2. The van der Waals surface area contributed by atoms with Crippen molar-refractivity contribution in [3.05, 3.63) is 48.3 Å². The van der Waals surface area contributed by atoms with Gasteiger partial charge in [0.2, 0.25) is 5.95 Å². The van der Waals surface area contributed by atoms with Gasteiger partial charge in [-0.3, -0.25) is 0 Å². The second-order valence-electron chi connectivity index (χ2n) is 7.40. The van der Waals surface area contributed by atoms with Gasteiger partial charge in [0.15, 0.2) is 0 Å². The minimum absolute atomic E-state index is 0.0409. The van der Waals surface area contributed by atoms with Crippen LogP contribution in [0.15, 0.2) is 42.7 Å². The summed E-state index contributed by atoms with van der Waals surface area (Å²) >= 11 is 0. The first-order valence-corrected chi connectivity index (χ1v) is 9.42. The highest BCUT2D eigenvalue weighted by Gasteiger charge is 2.43. The van der Waals surface area contributed by atoms with Gasteiger partial charge in [0.25, 0.3) is 0 Å². The van der Waals surface area contributed by atoms with Gasteiger partial charge < -0.3 is 20.3 Å². The first kappa shape index (κ1) is 17.7. The molecule has 2 aliphatic rings. The Morgan fingerprint density at radius 1 is 1.22 bits per heavy atom. The molecule has 2 fully saturated rings. The predicted octanol–water partition coefficient (Wildman–Crippen LogP) is 3.05. The van der Waals surface area contributed by atoms with Gasteiger partial charge in [-0.15, -0.1) is 0 Å². The van der Waals surface area contributed by atoms with Crippen molar-refractivity contribution in [3.8, 4) is 0 Å². The van der Waals surface area contributed by atoms with E-state index in [-0.39, 0.29) is 17.7 Å². The summed E-state index contributed by atoms with van der Waals surface area (Å²) in [7, 11) is 0. The van der Waals surface area contributed by atoms with Gasteiger partial charge in [-0.2, -0.15) is 0 Å². The maximum absolute atomic E-state index is 12.5. The Kier molecular flexibility index (Phi) is 4.94. The van der Waals surface area contributed by atoms with Crippen LogP contribution in [0.3, 0.4) is 0 Å². The number of amides is 2. The second-order valence-corrected chi connectivity index (χ2v) is 7.40. The number of urea groups is 1. The zero-order chi connectivity index (χ0) is 18.7. The smallest absolute Gasteiger partial charge is 0.321 e. The maximum atomic E-state index is 12.5. The van der Waals surface area contributed by atoms with Crippen molar-refractivity contribution < 1.29 is 9.53 Å². The van der Waals surface area contributed by atoms with Crippen molar-refractivity contribution in [1.29, 1.82) is 0 Å². The van der Waals surface area contributed by atoms with E-state index in [1.807, 2.05) is 36.1 Å². The van der Waals surface area contributed by atoms with Crippen LogP contribution >= 0.6 is 0 Å². The molecular formula is C20H25N5O2. The fraction of sp³-hybridized carbons (Fsp3) is 0.450. The summed E-state index contributed by atoms with van der Waals surface area (Å²) in [5.41, 5.74) is 1.82. The number of benzene rings is 1. The molecule has 2 amide bonds. The number of aromatic nitrogens is 2. The van der Waals surface area contributed by atoms with Gasteiger partial charge in [-0.05, 0) is 49.9 Å². The first-order chi connectivity index (χ1) is 13.1. The highest BCUT2D eigenvalue weighted by Crippen LogP contribution is 2.36. The van der Waals surface area contributed by atoms with E-state index in [9.17, 15) is 4.79 Å². The molecule has 0 radical (unpaired) electrons. The molecular weight excluding hydrogens is 342 g/mol. The van der Waals surface area contributed by atoms with Crippen molar-refractivity contribution in [2.24, 2.45) is 0 Å². The van der Waals surface area contributed by atoms with E-state index in [2.05, 4.69) is 20.6 Å². The van der Waals surface area contributed by atoms with Gasteiger partial charge in [0.05, 0.1) is 18.2 Å². The first-order valence-electron chi connectivity index (χ1n) is 9.42. The van der Waals surface area contributed by atoms with Gasteiger partial charge in [0.1, 0.15) is 0 Å². The third-order valence-corrected chi connectivity index (χ3v) is 5.34. The molecule has 0 aliphatic carbocycles. The number of aryl methyl sites for hydroxylation is 1. The monoisotopic (exact) mass is 367 g/mol. The molecule has 1 atom stereocenters. The number of hydrogen-bond acceptors (Lipinski definition) is 5. The van der Waals surface area contributed by atoms with Crippen LogP contribution < -0.4 is 10.6 Å². The molecule has 4 rings (SSSR count). The van der Waals surface area contributed by atoms with Crippen LogP contribution in [-0.4, -0.2) is 52.2 Å². The molecule has 1 spiro atoms. The lowest BCUT2D eigenvalue weighted by Crippen LogP contribution is -2.48. The Morgan fingerprint density at radius 2 is 2.00 bits per heavy atom. The second kappa shape index (κ2) is 7.52. The molecule has 0 saturated carbocycles. The topological polar surface area (TPSA) is 79.4 Å². The normalized spacial score (nSPS) is 21.2. The molecule has 27 heavy (non-hydrogen) atoms. The zero-order valence-electron chi connectivity index (χ0n) is 15.5. The molecule has 142 valence electrons. The molecule has 3 heterocycles. The Labute approximate surface area is 159 Å². The fourth-order valence-electron chi connectivity index (χ4n) is 3.88. The minimum atomic E-state index is -0.146. The Balaban J connectivity index is 1.29. The van der Waals surface area contributed by atoms with E-state index >= 15 is 0 Å². The maximum Gasteiger partial charge on any atom is 0.321 e. The third kappa shape index (κ3) is 4.19. The summed E-state index contributed by atoms with van der Waals surface area (Å²) < 4.78 is 6.15. The lowest BCUT2D eigenvalue weighted by molar-refractivity contribution is -0.0354. The van der Waals surface area contributed by atoms with Crippen molar-refractivity contribution in [1.82, 2.24) is 14.9 Å². The summed E-state index contributed by atoms with van der Waals surface area (Å²) in [6, 6.07) is 9.83. The molecule has 1 unspecified atom stereocenters. The standard InChI is InChI=1S/C20H25N5O2/c1-15-4-2-5-16(12-15)24-19(26)25-10-6-20(7-11-25)13-17(14-27-20)23-18-21-8-3-9-22-18/h2-5,8-9,12,17H,6-7,10-11,13-14H2,1H3,(H,24,26)(H,21,22,23). The highest BCUT2D eigenvalue weighted by atomic mass is 16.5. The number of carbonyl (C=O) groups is 1. The van der Waals surface area contributed by atoms with Gasteiger partial charge in [-0.25, -0.2) is 14.8 Å². The zero-order valence-corrected chi connectivity index (χ0v) is 15.5. The molecule has 0 bridgehead atoms. The van der Waals surface area contributed by atoms with Crippen molar-refractivity contribution in [2.75, 3.05) is 30.3 Å². The lowest BCUT2D eigenvalue weighted by atomic mass is 9.87. The average Bonchev–Trinajstić information content (AvgIpc) is 3.05. The van der Waals surface area contributed by atoms with Crippen molar-refractivity contribution in [2.45, 2.75) is 37.8 Å². The number of carbonyl (C=O) groups excluding carboxylic acids is 1. The van der Waals surface area contributed by atoms with Gasteiger partial charge in [-0.1, -0.05) is 12.1 Å². The van der Waals surface area contributed by atoms with Crippen LogP contribution in [0.25, 0.3) is 0 Å². The Bertz CT molecular complexity index is 790. The third-order valence-electron chi connectivity index (χ3n) is 5.34. The molecule has 2 saturated heterocycles. The number of nitrogens with zero attached hydrogens (tertiary/aromatic N) is 3. The number of likely N-dealkylation sites (tertiary alicyclic amines) is 1. The molecule has 7 heteroatoms. The summed E-state index contributed by atoms with van der Waals surface area (Å²) in [5.74, 6) is 0.637. The molecule has 7 nitrogen and oxygen atoms in total. The molecule has 1 aromatic heterocycles. The summed E-state index contributed by atoms with van der Waals surface area (Å²) in [6.45, 7) is 4.06. The SMILES string of the molecule is Cc1cccc(NC(=O)N2CCC3(CC2)CC(Nc2ncccn2)CO3)c1. The van der Waals surface area contributed by atoms with E-state index in [0.717, 1.165) is 30.5 Å². The molecule has 1 aromatic carbocycles. The van der Waals surface area contributed by atoms with Crippen LogP contribution in [0.4, 0.5) is 16.4 Å². The van der Waals surface area contributed by atoms with Crippen LogP contribution in [0, 0.1) is 6.92 Å².